The topological polar surface area (TPSA) is 79.8 Å². The summed E-state index contributed by atoms with van der Waals surface area (Å²) < 4.78 is 50.9. The Bertz CT molecular complexity index is 1290. The summed E-state index contributed by atoms with van der Waals surface area (Å²) in [6.45, 7) is 0.548. The molecule has 1 N–H and O–H groups in total. The lowest BCUT2D eigenvalue weighted by Gasteiger charge is -2.21. The maximum absolute atomic E-state index is 13.1. The molecule has 4 rings (SSSR count). The van der Waals surface area contributed by atoms with E-state index in [9.17, 15) is 18.0 Å². The van der Waals surface area contributed by atoms with Crippen LogP contribution in [0.5, 0.6) is 11.5 Å². The summed E-state index contributed by atoms with van der Waals surface area (Å²) >= 11 is 5.86. The van der Waals surface area contributed by atoms with Crippen LogP contribution in [0.4, 0.5) is 24.7 Å². The van der Waals surface area contributed by atoms with Gasteiger partial charge in [0.1, 0.15) is 18.2 Å². The number of hydrogen-bond donors (Lipinski definition) is 1. The number of benzene rings is 2. The van der Waals surface area contributed by atoms with Crippen molar-refractivity contribution in [3.63, 3.8) is 0 Å². The molecule has 1 amide bonds. The molecular weight excluding hydrogens is 499 g/mol. The van der Waals surface area contributed by atoms with Gasteiger partial charge in [-0.25, -0.2) is 9.97 Å². The molecule has 1 aromatic heterocycles. The average molecular weight is 524 g/mol. The SMILES string of the molecule is COc1cc2ncnc(Nc3ccc(C(F)(F)F)c(Cl)c3)c2cc1O[C@H]1C[C@H](C(=O)N(C)C)N(C)C1. The molecule has 0 radical (unpaired) electrons. The molecular formula is C24H25ClF3N5O3. The first-order chi connectivity index (χ1) is 17.0. The standard InChI is InChI=1S/C24H25ClF3N5O3/c1-32(2)23(34)19-8-14(11-33(19)3)36-21-9-15-18(10-20(21)35-4)29-12-30-22(15)31-13-5-6-16(17(25)7-13)24(26,27)28/h5-7,9-10,12,14,19H,8,11H2,1-4H3,(H,29,30,31)/t14-,19+/m0/s1. The molecule has 2 heterocycles. The van der Waals surface area contributed by atoms with Gasteiger partial charge in [-0.2, -0.15) is 13.2 Å². The molecule has 0 spiro atoms. The lowest BCUT2D eigenvalue weighted by Crippen LogP contribution is -2.40. The molecule has 2 aromatic carbocycles. The van der Waals surface area contributed by atoms with Crippen LogP contribution < -0.4 is 14.8 Å². The molecule has 1 aliphatic rings. The van der Waals surface area contributed by atoms with Crippen molar-refractivity contribution in [3.8, 4) is 11.5 Å². The first-order valence-electron chi connectivity index (χ1n) is 11.0. The van der Waals surface area contributed by atoms with Gasteiger partial charge in [0.15, 0.2) is 11.5 Å². The molecule has 0 bridgehead atoms. The van der Waals surface area contributed by atoms with E-state index in [0.717, 1.165) is 6.07 Å². The highest BCUT2D eigenvalue weighted by Crippen LogP contribution is 2.38. The molecule has 192 valence electrons. The van der Waals surface area contributed by atoms with Gasteiger partial charge in [-0.05, 0) is 31.3 Å². The number of amides is 1. The molecule has 3 aromatic rings. The van der Waals surface area contributed by atoms with E-state index in [1.54, 1.807) is 31.1 Å². The minimum Gasteiger partial charge on any atom is -0.493 e. The second-order valence-corrected chi connectivity index (χ2v) is 9.13. The number of alkyl halides is 3. The van der Waals surface area contributed by atoms with Gasteiger partial charge in [0, 0.05) is 44.2 Å². The van der Waals surface area contributed by atoms with Gasteiger partial charge in [0.25, 0.3) is 0 Å². The zero-order valence-corrected chi connectivity index (χ0v) is 20.8. The van der Waals surface area contributed by atoms with Gasteiger partial charge < -0.3 is 19.7 Å². The van der Waals surface area contributed by atoms with Crippen molar-refractivity contribution >= 4 is 39.9 Å². The van der Waals surface area contributed by atoms with Crippen LogP contribution >= 0.6 is 11.6 Å². The van der Waals surface area contributed by atoms with Gasteiger partial charge in [-0.15, -0.1) is 0 Å². The summed E-state index contributed by atoms with van der Waals surface area (Å²) in [4.78, 5) is 24.5. The Kier molecular flexibility index (Phi) is 7.14. The van der Waals surface area contributed by atoms with Crippen LogP contribution in [-0.2, 0) is 11.0 Å². The normalized spacial score (nSPS) is 18.3. The van der Waals surface area contributed by atoms with Crippen molar-refractivity contribution in [1.29, 1.82) is 0 Å². The number of nitrogens with zero attached hydrogens (tertiary/aromatic N) is 4. The van der Waals surface area contributed by atoms with Crippen LogP contribution in [0.25, 0.3) is 10.9 Å². The van der Waals surface area contributed by atoms with Gasteiger partial charge in [0.2, 0.25) is 5.91 Å². The smallest absolute Gasteiger partial charge is 0.417 e. The molecule has 0 aliphatic carbocycles. The third-order valence-corrected chi connectivity index (χ3v) is 6.30. The number of rotatable bonds is 6. The fourth-order valence-corrected chi connectivity index (χ4v) is 4.47. The average Bonchev–Trinajstić information content (AvgIpc) is 3.17. The molecule has 1 saturated heterocycles. The van der Waals surface area contributed by atoms with E-state index < -0.39 is 16.8 Å². The Morgan fingerprint density at radius 3 is 2.58 bits per heavy atom. The molecule has 8 nitrogen and oxygen atoms in total. The van der Waals surface area contributed by atoms with Crippen molar-refractivity contribution in [2.45, 2.75) is 24.7 Å². The van der Waals surface area contributed by atoms with E-state index in [4.69, 9.17) is 21.1 Å². The van der Waals surface area contributed by atoms with Crippen molar-refractivity contribution in [2.75, 3.05) is 40.1 Å². The Morgan fingerprint density at radius 1 is 1.19 bits per heavy atom. The van der Waals surface area contributed by atoms with Crippen molar-refractivity contribution in [3.05, 3.63) is 47.2 Å². The van der Waals surface area contributed by atoms with Gasteiger partial charge in [-0.1, -0.05) is 11.6 Å². The molecule has 2 atom stereocenters. The summed E-state index contributed by atoms with van der Waals surface area (Å²) in [5.41, 5.74) is -0.0528. The third-order valence-electron chi connectivity index (χ3n) is 5.99. The Balaban J connectivity index is 1.63. The molecule has 1 fully saturated rings. The van der Waals surface area contributed by atoms with E-state index in [0.29, 0.717) is 46.9 Å². The number of carbonyl (C=O) groups excluding carboxylic acids is 1. The number of methoxy groups -OCH3 is 1. The number of fused-ring (bicyclic) bond motifs is 1. The van der Waals surface area contributed by atoms with Crippen LogP contribution in [-0.4, -0.2) is 72.6 Å². The zero-order chi connectivity index (χ0) is 26.2. The lowest BCUT2D eigenvalue weighted by atomic mass is 10.1. The third kappa shape index (κ3) is 5.26. The van der Waals surface area contributed by atoms with Crippen molar-refractivity contribution in [2.24, 2.45) is 0 Å². The maximum atomic E-state index is 13.1. The summed E-state index contributed by atoms with van der Waals surface area (Å²) in [7, 11) is 6.82. The fraction of sp³-hybridized carbons (Fsp3) is 0.375. The van der Waals surface area contributed by atoms with E-state index in [1.807, 2.05) is 11.9 Å². The molecule has 1 aliphatic heterocycles. The number of likely N-dealkylation sites (N-methyl/N-ethyl adjacent to an activating group) is 2. The van der Waals surface area contributed by atoms with Gasteiger partial charge in [0.05, 0.1) is 29.3 Å². The maximum Gasteiger partial charge on any atom is 0.417 e. The predicted molar refractivity (Wildman–Crippen MR) is 130 cm³/mol. The quantitative estimate of drug-likeness (QED) is 0.506. The number of ether oxygens (including phenoxy) is 2. The van der Waals surface area contributed by atoms with E-state index in [-0.39, 0.29) is 18.1 Å². The van der Waals surface area contributed by atoms with E-state index in [2.05, 4.69) is 15.3 Å². The second kappa shape index (κ2) is 9.98. The Labute approximate surface area is 211 Å². The predicted octanol–water partition coefficient (Wildman–Crippen LogP) is 4.59. The van der Waals surface area contributed by atoms with Crippen LogP contribution in [0.3, 0.4) is 0 Å². The molecule has 0 unspecified atom stereocenters. The fourth-order valence-electron chi connectivity index (χ4n) is 4.18. The van der Waals surface area contributed by atoms with Crippen molar-refractivity contribution in [1.82, 2.24) is 19.8 Å². The first kappa shape index (κ1) is 25.8. The highest BCUT2D eigenvalue weighted by Gasteiger charge is 2.37. The van der Waals surface area contributed by atoms with E-state index >= 15 is 0 Å². The molecule has 36 heavy (non-hydrogen) atoms. The Hall–Kier alpha value is -3.31. The summed E-state index contributed by atoms with van der Waals surface area (Å²) in [6.07, 6.45) is -2.97. The van der Waals surface area contributed by atoms with Crippen LogP contribution in [0.2, 0.25) is 5.02 Å². The minimum absolute atomic E-state index is 0.00386. The van der Waals surface area contributed by atoms with Crippen LogP contribution in [0.15, 0.2) is 36.7 Å². The van der Waals surface area contributed by atoms with Crippen LogP contribution in [0.1, 0.15) is 12.0 Å². The summed E-state index contributed by atoms with van der Waals surface area (Å²) in [6, 6.07) is 6.49. The van der Waals surface area contributed by atoms with Gasteiger partial charge in [-0.3, -0.25) is 9.69 Å². The van der Waals surface area contributed by atoms with Crippen molar-refractivity contribution < 1.29 is 27.4 Å². The van der Waals surface area contributed by atoms with Gasteiger partial charge >= 0.3 is 6.18 Å². The number of aromatic nitrogens is 2. The zero-order valence-electron chi connectivity index (χ0n) is 20.1. The lowest BCUT2D eigenvalue weighted by molar-refractivity contribution is -0.137. The highest BCUT2D eigenvalue weighted by atomic mass is 35.5. The number of carbonyl (C=O) groups is 1. The number of nitrogens with one attached hydrogen (secondary N) is 1. The number of hydrogen-bond acceptors (Lipinski definition) is 7. The number of likely N-dealkylation sites (tertiary alicyclic amines) is 1. The summed E-state index contributed by atoms with van der Waals surface area (Å²) in [5, 5.41) is 3.15. The van der Waals surface area contributed by atoms with E-state index in [1.165, 1.54) is 25.6 Å². The highest BCUT2D eigenvalue weighted by molar-refractivity contribution is 6.31. The largest absolute Gasteiger partial charge is 0.493 e. The Morgan fingerprint density at radius 2 is 1.94 bits per heavy atom. The molecule has 12 heteroatoms. The number of halogens is 4. The summed E-state index contributed by atoms with van der Waals surface area (Å²) in [5.74, 6) is 1.25. The number of anilines is 2. The first-order valence-corrected chi connectivity index (χ1v) is 11.4. The van der Waals surface area contributed by atoms with Crippen LogP contribution in [0, 0.1) is 0 Å². The minimum atomic E-state index is -4.55. The monoisotopic (exact) mass is 523 g/mol. The second-order valence-electron chi connectivity index (χ2n) is 8.72. The molecule has 0 saturated carbocycles.